The molecule has 2 aromatic rings. The summed E-state index contributed by atoms with van der Waals surface area (Å²) in [5.74, 6) is 0. The molecular formula is C6H3N5S3. The Bertz CT molecular complexity index is 482. The van der Waals surface area contributed by atoms with Gasteiger partial charge in [0, 0.05) is 0 Å². The number of nitrogens with zero attached hydrogens (tertiary/aromatic N) is 4. The van der Waals surface area contributed by atoms with Crippen LogP contribution in [0.3, 0.4) is 0 Å². The quantitative estimate of drug-likeness (QED) is 0.859. The molecule has 0 saturated heterocycles. The number of nitrogens with two attached hydrogens (primary N) is 1. The van der Waals surface area contributed by atoms with E-state index in [4.69, 9.17) is 11.0 Å². The van der Waals surface area contributed by atoms with Crippen LogP contribution < -0.4 is 5.73 Å². The monoisotopic (exact) mass is 241 g/mol. The van der Waals surface area contributed by atoms with Crippen LogP contribution in [0.25, 0.3) is 0 Å². The number of hydrogen-bond donors (Lipinski definition) is 1. The van der Waals surface area contributed by atoms with Crippen LogP contribution in [0.1, 0.15) is 4.88 Å². The normalized spacial score (nSPS) is 9.93. The third kappa shape index (κ3) is 2.01. The molecule has 2 heterocycles. The molecule has 0 amide bonds. The predicted molar refractivity (Wildman–Crippen MR) is 55.3 cm³/mol. The van der Waals surface area contributed by atoms with E-state index in [0.717, 1.165) is 8.68 Å². The van der Waals surface area contributed by atoms with Crippen molar-refractivity contribution in [1.29, 1.82) is 5.26 Å². The number of thiazole rings is 1. The smallest absolute Gasteiger partial charge is 0.203 e. The zero-order valence-corrected chi connectivity index (χ0v) is 9.12. The summed E-state index contributed by atoms with van der Waals surface area (Å²) in [6.07, 6.45) is 1.54. The Balaban J connectivity index is 2.15. The molecule has 5 nitrogen and oxygen atoms in total. The molecule has 0 fully saturated rings. The van der Waals surface area contributed by atoms with Crippen LogP contribution in [-0.2, 0) is 0 Å². The van der Waals surface area contributed by atoms with Gasteiger partial charge in [0.1, 0.15) is 10.9 Å². The molecule has 8 heteroatoms. The molecule has 2 rings (SSSR count). The minimum absolute atomic E-state index is 0.435. The Morgan fingerprint density at radius 1 is 1.36 bits per heavy atom. The van der Waals surface area contributed by atoms with Crippen LogP contribution in [0.5, 0.6) is 0 Å². The first-order chi connectivity index (χ1) is 6.78. The second kappa shape index (κ2) is 3.91. The highest BCUT2D eigenvalue weighted by atomic mass is 32.2. The Morgan fingerprint density at radius 3 is 2.79 bits per heavy atom. The van der Waals surface area contributed by atoms with E-state index < -0.39 is 0 Å². The number of nitriles is 1. The molecule has 0 unspecified atom stereocenters. The van der Waals surface area contributed by atoms with Crippen molar-refractivity contribution in [2.24, 2.45) is 0 Å². The Kier molecular flexibility index (Phi) is 2.62. The molecule has 0 aromatic carbocycles. The van der Waals surface area contributed by atoms with Gasteiger partial charge in [-0.1, -0.05) is 22.7 Å². The lowest BCUT2D eigenvalue weighted by molar-refractivity contribution is 1.02. The van der Waals surface area contributed by atoms with E-state index in [1.807, 2.05) is 6.07 Å². The number of anilines is 1. The molecular weight excluding hydrogens is 238 g/mol. The lowest BCUT2D eigenvalue weighted by atomic mass is 10.6. The van der Waals surface area contributed by atoms with Gasteiger partial charge in [0.05, 0.1) is 6.20 Å². The van der Waals surface area contributed by atoms with Crippen molar-refractivity contribution in [3.8, 4) is 6.07 Å². The number of rotatable bonds is 2. The summed E-state index contributed by atoms with van der Waals surface area (Å²) in [4.78, 5) is 4.64. The molecule has 0 spiro atoms. The van der Waals surface area contributed by atoms with Crippen molar-refractivity contribution < 1.29 is 0 Å². The fourth-order valence-electron chi connectivity index (χ4n) is 0.693. The minimum atomic E-state index is 0.435. The molecule has 0 aliphatic rings. The van der Waals surface area contributed by atoms with Gasteiger partial charge >= 0.3 is 0 Å². The Hall–Kier alpha value is -1.17. The largest absolute Gasteiger partial charge is 0.374 e. The molecule has 2 N–H and O–H groups in total. The molecule has 0 saturated carbocycles. The van der Waals surface area contributed by atoms with Crippen LogP contribution in [-0.4, -0.2) is 15.2 Å². The molecule has 0 aliphatic carbocycles. The first-order valence-corrected chi connectivity index (χ1v) is 5.85. The van der Waals surface area contributed by atoms with Gasteiger partial charge in [-0.2, -0.15) is 5.26 Å². The number of hydrogen-bond acceptors (Lipinski definition) is 8. The first kappa shape index (κ1) is 9.39. The highest BCUT2D eigenvalue weighted by Gasteiger charge is 2.07. The van der Waals surface area contributed by atoms with Crippen molar-refractivity contribution in [2.45, 2.75) is 8.68 Å². The van der Waals surface area contributed by atoms with Crippen molar-refractivity contribution >= 4 is 39.6 Å². The maximum Gasteiger partial charge on any atom is 0.203 e. The summed E-state index contributed by atoms with van der Waals surface area (Å²) in [6, 6.07) is 2.02. The molecule has 0 atom stereocenters. The lowest BCUT2D eigenvalue weighted by Crippen LogP contribution is -1.79. The SMILES string of the molecule is N#Cc1cnc(Sc2nnc(N)s2)s1. The summed E-state index contributed by atoms with van der Waals surface area (Å²) in [7, 11) is 0. The summed E-state index contributed by atoms with van der Waals surface area (Å²) < 4.78 is 1.51. The van der Waals surface area contributed by atoms with Crippen LogP contribution in [0.15, 0.2) is 14.9 Å². The summed E-state index contributed by atoms with van der Waals surface area (Å²) in [5, 5.41) is 16.5. The zero-order valence-electron chi connectivity index (χ0n) is 6.67. The van der Waals surface area contributed by atoms with Crippen molar-refractivity contribution in [2.75, 3.05) is 5.73 Å². The first-order valence-electron chi connectivity index (χ1n) is 3.40. The second-order valence-electron chi connectivity index (χ2n) is 2.11. The van der Waals surface area contributed by atoms with Gasteiger partial charge in [-0.25, -0.2) is 4.98 Å². The molecule has 2 aromatic heterocycles. The predicted octanol–water partition coefficient (Wildman–Crippen LogP) is 1.60. The highest BCUT2D eigenvalue weighted by Crippen LogP contribution is 2.33. The fraction of sp³-hybridized carbons (Fsp3) is 0. The van der Waals surface area contributed by atoms with Gasteiger partial charge < -0.3 is 5.73 Å². The maximum absolute atomic E-state index is 8.59. The van der Waals surface area contributed by atoms with Crippen LogP contribution >= 0.6 is 34.4 Å². The van der Waals surface area contributed by atoms with Gasteiger partial charge in [-0.15, -0.1) is 10.2 Å². The van der Waals surface area contributed by atoms with E-state index in [1.54, 1.807) is 0 Å². The summed E-state index contributed by atoms with van der Waals surface area (Å²) in [6.45, 7) is 0. The van der Waals surface area contributed by atoms with Gasteiger partial charge in [0.2, 0.25) is 5.13 Å². The molecule has 0 aliphatic heterocycles. The van der Waals surface area contributed by atoms with E-state index in [-0.39, 0.29) is 0 Å². The third-order valence-corrected chi connectivity index (χ3v) is 3.97. The van der Waals surface area contributed by atoms with E-state index in [1.165, 1.54) is 40.6 Å². The zero-order chi connectivity index (χ0) is 9.97. The average Bonchev–Trinajstić information content (AvgIpc) is 2.76. The minimum Gasteiger partial charge on any atom is -0.374 e. The van der Waals surface area contributed by atoms with Crippen molar-refractivity contribution in [3.05, 3.63) is 11.1 Å². The van der Waals surface area contributed by atoms with E-state index in [2.05, 4.69) is 15.2 Å². The summed E-state index contributed by atoms with van der Waals surface area (Å²) in [5.41, 5.74) is 5.43. The van der Waals surface area contributed by atoms with E-state index >= 15 is 0 Å². The molecule has 70 valence electrons. The van der Waals surface area contributed by atoms with Crippen LogP contribution in [0, 0.1) is 11.3 Å². The van der Waals surface area contributed by atoms with Gasteiger partial charge in [0.25, 0.3) is 0 Å². The van der Waals surface area contributed by atoms with Crippen molar-refractivity contribution in [1.82, 2.24) is 15.2 Å². The van der Waals surface area contributed by atoms with Gasteiger partial charge in [-0.3, -0.25) is 0 Å². The molecule has 14 heavy (non-hydrogen) atoms. The van der Waals surface area contributed by atoms with E-state index in [9.17, 15) is 0 Å². The second-order valence-corrected chi connectivity index (χ2v) is 5.64. The van der Waals surface area contributed by atoms with Crippen molar-refractivity contribution in [3.63, 3.8) is 0 Å². The standard InChI is InChI=1S/C6H3N5S3/c7-1-3-2-9-5(12-3)14-6-11-10-4(8)13-6/h2H,(H2,8,10). The topological polar surface area (TPSA) is 88.5 Å². The molecule has 0 bridgehead atoms. The average molecular weight is 241 g/mol. The number of aromatic nitrogens is 3. The molecule has 0 radical (unpaired) electrons. The number of nitrogen functional groups attached to an aromatic ring is 1. The van der Waals surface area contributed by atoms with E-state index in [0.29, 0.717) is 10.0 Å². The lowest BCUT2D eigenvalue weighted by Gasteiger charge is -1.85. The highest BCUT2D eigenvalue weighted by molar-refractivity contribution is 8.02. The van der Waals surface area contributed by atoms with Gasteiger partial charge in [0.15, 0.2) is 8.68 Å². The van der Waals surface area contributed by atoms with Gasteiger partial charge in [-0.05, 0) is 11.8 Å². The third-order valence-electron chi connectivity index (χ3n) is 1.19. The maximum atomic E-state index is 8.59. The Labute approximate surface area is 91.6 Å². The fourth-order valence-corrected chi connectivity index (χ4v) is 3.31. The van der Waals surface area contributed by atoms with Crippen LogP contribution in [0.2, 0.25) is 0 Å². The van der Waals surface area contributed by atoms with Crippen LogP contribution in [0.4, 0.5) is 5.13 Å². The Morgan fingerprint density at radius 2 is 2.21 bits per heavy atom. The summed E-state index contributed by atoms with van der Waals surface area (Å²) >= 11 is 3.99.